The second kappa shape index (κ2) is 5.83. The van der Waals surface area contributed by atoms with Crippen LogP contribution in [0.5, 0.6) is 0 Å². The smallest absolute Gasteiger partial charge is 0.308 e. The zero-order chi connectivity index (χ0) is 12.9. The van der Waals surface area contributed by atoms with Crippen molar-refractivity contribution in [2.75, 3.05) is 18.6 Å². The van der Waals surface area contributed by atoms with Crippen LogP contribution < -0.4 is 5.32 Å². The van der Waals surface area contributed by atoms with Crippen molar-refractivity contribution in [1.29, 1.82) is 0 Å². The van der Waals surface area contributed by atoms with Gasteiger partial charge in [-0.05, 0) is 11.6 Å². The third-order valence-electron chi connectivity index (χ3n) is 2.24. The van der Waals surface area contributed by atoms with Crippen LogP contribution in [-0.4, -0.2) is 43.0 Å². The van der Waals surface area contributed by atoms with Crippen molar-refractivity contribution in [2.45, 2.75) is 6.54 Å². The lowest BCUT2D eigenvalue weighted by molar-refractivity contribution is -0.140. The Labute approximate surface area is 100.0 Å². The first kappa shape index (κ1) is 13.7. The fourth-order valence-corrected chi connectivity index (χ4v) is 2.43. The monoisotopic (exact) mass is 260 g/mol. The highest BCUT2D eigenvalue weighted by Crippen LogP contribution is 2.02. The van der Waals surface area contributed by atoms with Crippen molar-refractivity contribution < 1.29 is 18.3 Å². The zero-order valence-electron chi connectivity index (χ0n) is 9.51. The Bertz CT molecular complexity index is 453. The molecule has 0 aliphatic heterocycles. The fraction of sp³-hybridized carbons (Fsp3) is 0.500. The Morgan fingerprint density at radius 1 is 1.59 bits per heavy atom. The zero-order valence-corrected chi connectivity index (χ0v) is 10.3. The third-order valence-corrected chi connectivity index (χ3v) is 3.24. The summed E-state index contributed by atoms with van der Waals surface area (Å²) >= 11 is 0. The maximum Gasteiger partial charge on any atom is 0.308 e. The highest BCUT2D eigenvalue weighted by molar-refractivity contribution is 7.90. The quantitative estimate of drug-likeness (QED) is 0.633. The molecular weight excluding hydrogens is 244 g/mol. The van der Waals surface area contributed by atoms with E-state index in [1.165, 1.54) is 0 Å². The SMILES string of the molecule is CS(=O)(=O)CC(CNCc1cc[nH]c1)C(=O)O. The van der Waals surface area contributed by atoms with Crippen LogP contribution in [0, 0.1) is 5.92 Å². The molecule has 1 aromatic heterocycles. The Kier molecular flexibility index (Phi) is 4.71. The van der Waals surface area contributed by atoms with Crippen molar-refractivity contribution >= 4 is 15.8 Å². The fourth-order valence-electron chi connectivity index (χ4n) is 1.44. The predicted octanol–water partition coefficient (Wildman–Crippen LogP) is -0.150. The average molecular weight is 260 g/mol. The standard InChI is InChI=1S/C10H16N2O4S/c1-17(15,16)7-9(10(13)14)6-12-5-8-2-3-11-4-8/h2-4,9,11-12H,5-7H2,1H3,(H,13,14). The molecule has 0 amide bonds. The van der Waals surface area contributed by atoms with E-state index in [-0.39, 0.29) is 12.3 Å². The first-order valence-electron chi connectivity index (χ1n) is 5.11. The summed E-state index contributed by atoms with van der Waals surface area (Å²) < 4.78 is 22.1. The molecule has 0 fully saturated rings. The molecule has 0 saturated carbocycles. The van der Waals surface area contributed by atoms with E-state index in [2.05, 4.69) is 10.3 Å². The molecule has 0 aliphatic rings. The van der Waals surface area contributed by atoms with Crippen LogP contribution in [0.1, 0.15) is 5.56 Å². The summed E-state index contributed by atoms with van der Waals surface area (Å²) in [5.41, 5.74) is 0.994. The minimum Gasteiger partial charge on any atom is -0.481 e. The Balaban J connectivity index is 2.42. The maximum absolute atomic E-state index is 11.0. The molecule has 3 N–H and O–H groups in total. The van der Waals surface area contributed by atoms with E-state index in [0.29, 0.717) is 6.54 Å². The number of aromatic nitrogens is 1. The second-order valence-corrected chi connectivity index (χ2v) is 6.16. The molecule has 1 heterocycles. The van der Waals surface area contributed by atoms with E-state index in [1.54, 1.807) is 12.4 Å². The van der Waals surface area contributed by atoms with E-state index >= 15 is 0 Å². The number of aliphatic carboxylic acids is 1. The van der Waals surface area contributed by atoms with Crippen LogP contribution in [0.25, 0.3) is 0 Å². The van der Waals surface area contributed by atoms with Gasteiger partial charge in [0.15, 0.2) is 0 Å². The van der Waals surface area contributed by atoms with Gasteiger partial charge in [0.2, 0.25) is 0 Å². The number of nitrogens with one attached hydrogen (secondary N) is 2. The average Bonchev–Trinajstić information content (AvgIpc) is 2.67. The number of carbonyl (C=O) groups is 1. The van der Waals surface area contributed by atoms with Gasteiger partial charge >= 0.3 is 5.97 Å². The lowest BCUT2D eigenvalue weighted by atomic mass is 10.2. The van der Waals surface area contributed by atoms with E-state index in [1.807, 2.05) is 6.07 Å². The van der Waals surface area contributed by atoms with Crippen molar-refractivity contribution in [3.8, 4) is 0 Å². The van der Waals surface area contributed by atoms with Crippen molar-refractivity contribution in [3.63, 3.8) is 0 Å². The summed E-state index contributed by atoms with van der Waals surface area (Å²) in [6, 6.07) is 1.86. The van der Waals surface area contributed by atoms with Gasteiger partial charge in [-0.3, -0.25) is 4.79 Å². The molecule has 96 valence electrons. The number of rotatable bonds is 7. The van der Waals surface area contributed by atoms with Crippen LogP contribution >= 0.6 is 0 Å². The molecule has 0 aliphatic carbocycles. The number of carboxylic acid groups (broad SMARTS) is 1. The molecule has 0 radical (unpaired) electrons. The highest BCUT2D eigenvalue weighted by Gasteiger charge is 2.21. The Morgan fingerprint density at radius 3 is 2.76 bits per heavy atom. The topological polar surface area (TPSA) is 99.3 Å². The van der Waals surface area contributed by atoms with Gasteiger partial charge in [-0.2, -0.15) is 0 Å². The minimum absolute atomic E-state index is 0.133. The molecule has 0 aromatic carbocycles. The molecular formula is C10H16N2O4S. The molecule has 1 aromatic rings. The van der Waals surface area contributed by atoms with E-state index < -0.39 is 21.7 Å². The first-order valence-corrected chi connectivity index (χ1v) is 7.17. The summed E-state index contributed by atoms with van der Waals surface area (Å²) in [5.74, 6) is -2.36. The van der Waals surface area contributed by atoms with Crippen LogP contribution in [0.3, 0.4) is 0 Å². The van der Waals surface area contributed by atoms with Gasteiger partial charge in [0.25, 0.3) is 0 Å². The van der Waals surface area contributed by atoms with Gasteiger partial charge < -0.3 is 15.4 Å². The summed E-state index contributed by atoms with van der Waals surface area (Å²) in [7, 11) is -3.28. The summed E-state index contributed by atoms with van der Waals surface area (Å²) in [6.45, 7) is 0.643. The molecule has 7 heteroatoms. The van der Waals surface area contributed by atoms with Gasteiger partial charge in [-0.1, -0.05) is 0 Å². The highest BCUT2D eigenvalue weighted by atomic mass is 32.2. The van der Waals surface area contributed by atoms with E-state index in [4.69, 9.17) is 5.11 Å². The van der Waals surface area contributed by atoms with Gasteiger partial charge in [0.1, 0.15) is 9.84 Å². The molecule has 0 bridgehead atoms. The number of hydrogen-bond donors (Lipinski definition) is 3. The predicted molar refractivity (Wildman–Crippen MR) is 63.3 cm³/mol. The normalized spacial score (nSPS) is 13.5. The minimum atomic E-state index is -3.28. The van der Waals surface area contributed by atoms with Gasteiger partial charge in [0, 0.05) is 31.7 Å². The molecule has 0 spiro atoms. The summed E-state index contributed by atoms with van der Waals surface area (Å²) in [4.78, 5) is 13.7. The largest absolute Gasteiger partial charge is 0.481 e. The number of sulfone groups is 1. The first-order chi connectivity index (χ1) is 7.88. The van der Waals surface area contributed by atoms with E-state index in [9.17, 15) is 13.2 Å². The number of H-pyrrole nitrogens is 1. The number of carboxylic acids is 1. The molecule has 6 nitrogen and oxygen atoms in total. The van der Waals surface area contributed by atoms with Crippen LogP contribution in [0.15, 0.2) is 18.5 Å². The summed E-state index contributed by atoms with van der Waals surface area (Å²) in [5, 5.41) is 11.8. The van der Waals surface area contributed by atoms with Crippen LogP contribution in [0.2, 0.25) is 0 Å². The third kappa shape index (κ3) is 5.50. The van der Waals surface area contributed by atoms with Gasteiger partial charge in [-0.25, -0.2) is 8.42 Å². The van der Waals surface area contributed by atoms with Crippen LogP contribution in [0.4, 0.5) is 0 Å². The lowest BCUT2D eigenvalue weighted by Gasteiger charge is -2.11. The second-order valence-electron chi connectivity index (χ2n) is 3.98. The Morgan fingerprint density at radius 2 is 2.29 bits per heavy atom. The number of aromatic amines is 1. The summed E-state index contributed by atoms with van der Waals surface area (Å²) in [6.07, 6.45) is 4.59. The number of hydrogen-bond acceptors (Lipinski definition) is 4. The molecule has 1 atom stereocenters. The lowest BCUT2D eigenvalue weighted by Crippen LogP contribution is -2.33. The molecule has 17 heavy (non-hydrogen) atoms. The van der Waals surface area contributed by atoms with E-state index in [0.717, 1.165) is 11.8 Å². The maximum atomic E-state index is 11.0. The van der Waals surface area contributed by atoms with Crippen molar-refractivity contribution in [3.05, 3.63) is 24.0 Å². The van der Waals surface area contributed by atoms with Crippen LogP contribution in [-0.2, 0) is 21.2 Å². The van der Waals surface area contributed by atoms with Crippen molar-refractivity contribution in [2.24, 2.45) is 5.92 Å². The van der Waals surface area contributed by atoms with Gasteiger partial charge in [-0.15, -0.1) is 0 Å². The Hall–Kier alpha value is -1.34. The molecule has 0 saturated heterocycles. The molecule has 1 unspecified atom stereocenters. The van der Waals surface area contributed by atoms with Gasteiger partial charge in [0.05, 0.1) is 11.7 Å². The van der Waals surface area contributed by atoms with Crippen molar-refractivity contribution in [1.82, 2.24) is 10.3 Å². The molecule has 1 rings (SSSR count).